The molecule has 2 aromatic rings. The second-order valence-corrected chi connectivity index (χ2v) is 4.32. The second kappa shape index (κ2) is 5.05. The van der Waals surface area contributed by atoms with Gasteiger partial charge in [0.05, 0.1) is 12.7 Å². The summed E-state index contributed by atoms with van der Waals surface area (Å²) in [4.78, 5) is 12.0. The van der Waals surface area contributed by atoms with Gasteiger partial charge in [0.2, 0.25) is 5.95 Å². The summed E-state index contributed by atoms with van der Waals surface area (Å²) >= 11 is 1.53. The number of nitrogens with zero attached hydrogens (tertiary/aromatic N) is 3. The molecule has 0 aliphatic rings. The number of anilines is 2. The zero-order valence-corrected chi connectivity index (χ0v) is 10.3. The van der Waals surface area contributed by atoms with Gasteiger partial charge in [0, 0.05) is 18.1 Å². The summed E-state index contributed by atoms with van der Waals surface area (Å²) in [5.41, 5.74) is 0.964. The van der Waals surface area contributed by atoms with Crippen LogP contribution in [-0.2, 0) is 6.54 Å². The van der Waals surface area contributed by atoms with E-state index in [1.165, 1.54) is 11.3 Å². The van der Waals surface area contributed by atoms with Crippen molar-refractivity contribution in [2.75, 3.05) is 17.7 Å². The number of nitrogens with one attached hydrogen (secondary N) is 2. The lowest BCUT2D eigenvalue weighted by molar-refractivity contribution is 0.617. The summed E-state index contributed by atoms with van der Waals surface area (Å²) in [5, 5.41) is 8.50. The highest BCUT2D eigenvalue weighted by Crippen LogP contribution is 2.14. The van der Waals surface area contributed by atoms with Crippen molar-refractivity contribution in [2.45, 2.75) is 13.5 Å². The van der Waals surface area contributed by atoms with Crippen molar-refractivity contribution in [3.63, 3.8) is 0 Å². The first-order valence-corrected chi connectivity index (χ1v) is 5.92. The van der Waals surface area contributed by atoms with E-state index in [1.807, 2.05) is 12.3 Å². The van der Waals surface area contributed by atoms with E-state index in [1.54, 1.807) is 7.05 Å². The second-order valence-electron chi connectivity index (χ2n) is 3.38. The van der Waals surface area contributed by atoms with E-state index >= 15 is 0 Å². The summed E-state index contributed by atoms with van der Waals surface area (Å²) in [6.45, 7) is 2.37. The van der Waals surface area contributed by atoms with Crippen LogP contribution in [0.4, 0.5) is 16.2 Å². The molecule has 5 nitrogen and oxygen atoms in total. The molecule has 0 aliphatic heterocycles. The Kier molecular flexibility index (Phi) is 3.48. The molecular weight excluding hydrogens is 241 g/mol. The number of aryl methyl sites for hydroxylation is 1. The Bertz CT molecular complexity index is 513. The Balaban J connectivity index is 2.07. The third kappa shape index (κ3) is 2.88. The van der Waals surface area contributed by atoms with Gasteiger partial charge in [-0.05, 0) is 6.92 Å². The molecule has 2 rings (SSSR count). The molecule has 0 unspecified atom stereocenters. The van der Waals surface area contributed by atoms with Gasteiger partial charge in [-0.3, -0.25) is 0 Å². The van der Waals surface area contributed by atoms with Gasteiger partial charge in [-0.15, -0.1) is 11.3 Å². The van der Waals surface area contributed by atoms with E-state index in [2.05, 4.69) is 25.6 Å². The average molecular weight is 253 g/mol. The van der Waals surface area contributed by atoms with E-state index < -0.39 is 5.82 Å². The monoisotopic (exact) mass is 253 g/mol. The molecular formula is C10H12FN5S. The van der Waals surface area contributed by atoms with Gasteiger partial charge in [0.15, 0.2) is 11.6 Å². The number of hydrogen-bond donors (Lipinski definition) is 2. The van der Waals surface area contributed by atoms with Gasteiger partial charge < -0.3 is 10.6 Å². The molecule has 17 heavy (non-hydrogen) atoms. The third-order valence-electron chi connectivity index (χ3n) is 2.04. The predicted octanol–water partition coefficient (Wildman–Crippen LogP) is 2.03. The van der Waals surface area contributed by atoms with Crippen molar-refractivity contribution in [3.8, 4) is 0 Å². The van der Waals surface area contributed by atoms with Crippen molar-refractivity contribution < 1.29 is 4.39 Å². The summed E-state index contributed by atoms with van der Waals surface area (Å²) in [7, 11) is 1.68. The van der Waals surface area contributed by atoms with Crippen LogP contribution in [0, 0.1) is 12.7 Å². The molecule has 0 fully saturated rings. The Hall–Kier alpha value is -1.76. The molecule has 7 heteroatoms. The van der Waals surface area contributed by atoms with Crippen LogP contribution < -0.4 is 10.6 Å². The zero-order valence-electron chi connectivity index (χ0n) is 9.49. The van der Waals surface area contributed by atoms with Gasteiger partial charge in [-0.1, -0.05) is 0 Å². The standard InChI is InChI=1S/C10H12FN5S/c1-6-5-17-8(15-6)4-13-9-7(11)3-14-10(12-2)16-9/h3,5H,4H2,1-2H3,(H2,12,13,14,16). The Morgan fingerprint density at radius 2 is 2.24 bits per heavy atom. The molecule has 0 aromatic carbocycles. The van der Waals surface area contributed by atoms with Crippen molar-refractivity contribution >= 4 is 23.1 Å². The maximum absolute atomic E-state index is 13.4. The van der Waals surface area contributed by atoms with E-state index in [9.17, 15) is 4.39 Å². The minimum Gasteiger partial charge on any atom is -0.361 e. The zero-order chi connectivity index (χ0) is 12.3. The molecule has 0 bridgehead atoms. The first-order valence-electron chi connectivity index (χ1n) is 5.04. The smallest absolute Gasteiger partial charge is 0.224 e. The lowest BCUT2D eigenvalue weighted by Gasteiger charge is -2.06. The number of aromatic nitrogens is 3. The molecule has 0 saturated heterocycles. The number of rotatable bonds is 4. The highest BCUT2D eigenvalue weighted by atomic mass is 32.1. The van der Waals surface area contributed by atoms with E-state index in [0.29, 0.717) is 12.5 Å². The van der Waals surface area contributed by atoms with Gasteiger partial charge in [-0.25, -0.2) is 14.4 Å². The molecule has 2 N–H and O–H groups in total. The summed E-state index contributed by atoms with van der Waals surface area (Å²) < 4.78 is 13.4. The van der Waals surface area contributed by atoms with Gasteiger partial charge in [0.1, 0.15) is 5.01 Å². The number of thiazole rings is 1. The topological polar surface area (TPSA) is 62.7 Å². The van der Waals surface area contributed by atoms with Crippen molar-refractivity contribution in [2.24, 2.45) is 0 Å². The van der Waals surface area contributed by atoms with Gasteiger partial charge in [0.25, 0.3) is 0 Å². The van der Waals surface area contributed by atoms with Crippen LogP contribution in [0.15, 0.2) is 11.6 Å². The molecule has 0 saturated carbocycles. The SMILES string of the molecule is CNc1ncc(F)c(NCc2nc(C)cs2)n1. The number of halogens is 1. The van der Waals surface area contributed by atoms with Crippen LogP contribution in [-0.4, -0.2) is 22.0 Å². The molecule has 0 atom stereocenters. The van der Waals surface area contributed by atoms with E-state index in [-0.39, 0.29) is 5.82 Å². The van der Waals surface area contributed by atoms with Crippen LogP contribution in [0.2, 0.25) is 0 Å². The van der Waals surface area contributed by atoms with Crippen molar-refractivity contribution in [3.05, 3.63) is 28.1 Å². The maximum Gasteiger partial charge on any atom is 0.224 e. The fraction of sp³-hybridized carbons (Fsp3) is 0.300. The Labute approximate surface area is 102 Å². The first-order chi connectivity index (χ1) is 8.19. The van der Waals surface area contributed by atoms with E-state index in [0.717, 1.165) is 16.9 Å². The highest BCUT2D eigenvalue weighted by Gasteiger charge is 2.06. The van der Waals surface area contributed by atoms with Crippen LogP contribution >= 0.6 is 11.3 Å². The first kappa shape index (κ1) is 11.7. The molecule has 90 valence electrons. The van der Waals surface area contributed by atoms with E-state index in [4.69, 9.17) is 0 Å². The molecule has 2 aromatic heterocycles. The minimum atomic E-state index is -0.475. The maximum atomic E-state index is 13.4. The van der Waals surface area contributed by atoms with Crippen LogP contribution in [0.1, 0.15) is 10.7 Å². The van der Waals surface area contributed by atoms with Gasteiger partial charge >= 0.3 is 0 Å². The molecule has 0 amide bonds. The van der Waals surface area contributed by atoms with Gasteiger partial charge in [-0.2, -0.15) is 4.98 Å². The predicted molar refractivity (Wildman–Crippen MR) is 65.7 cm³/mol. The van der Waals surface area contributed by atoms with Crippen molar-refractivity contribution in [1.29, 1.82) is 0 Å². The largest absolute Gasteiger partial charge is 0.361 e. The molecule has 0 aliphatic carbocycles. The molecule has 0 radical (unpaired) electrons. The number of hydrogen-bond acceptors (Lipinski definition) is 6. The summed E-state index contributed by atoms with van der Waals surface area (Å²) in [6.07, 6.45) is 1.13. The average Bonchev–Trinajstić information content (AvgIpc) is 2.74. The summed E-state index contributed by atoms with van der Waals surface area (Å²) in [5.74, 6) is 0.0821. The van der Waals surface area contributed by atoms with Crippen molar-refractivity contribution in [1.82, 2.24) is 15.0 Å². The Morgan fingerprint density at radius 1 is 1.41 bits per heavy atom. The fourth-order valence-electron chi connectivity index (χ4n) is 1.25. The fourth-order valence-corrected chi connectivity index (χ4v) is 1.97. The van der Waals surface area contributed by atoms with Crippen LogP contribution in [0.5, 0.6) is 0 Å². The normalized spacial score (nSPS) is 10.3. The molecule has 0 spiro atoms. The molecule has 2 heterocycles. The lowest BCUT2D eigenvalue weighted by atomic mass is 10.5. The quantitative estimate of drug-likeness (QED) is 0.873. The minimum absolute atomic E-state index is 0.178. The Morgan fingerprint density at radius 3 is 2.88 bits per heavy atom. The van der Waals surface area contributed by atoms with Crippen LogP contribution in [0.3, 0.4) is 0 Å². The third-order valence-corrected chi connectivity index (χ3v) is 3.01. The van der Waals surface area contributed by atoms with Crippen LogP contribution in [0.25, 0.3) is 0 Å². The lowest BCUT2D eigenvalue weighted by Crippen LogP contribution is -2.06. The summed E-state index contributed by atoms with van der Waals surface area (Å²) in [6, 6.07) is 0. The highest BCUT2D eigenvalue weighted by molar-refractivity contribution is 7.09.